The fourth-order valence-electron chi connectivity index (χ4n) is 2.14. The van der Waals surface area contributed by atoms with E-state index >= 15 is 0 Å². The average Bonchev–Trinajstić information content (AvgIpc) is 2.49. The second-order valence-electron chi connectivity index (χ2n) is 4.58. The minimum absolute atomic E-state index is 0.0463. The summed E-state index contributed by atoms with van der Waals surface area (Å²) in [6, 6.07) is 0. The molecule has 22 heavy (non-hydrogen) atoms. The second-order valence-corrected chi connectivity index (χ2v) is 5.35. The molecular weight excluding hydrogens is 304 g/mol. The van der Waals surface area contributed by atoms with Crippen LogP contribution in [0.2, 0.25) is 0 Å². The van der Waals surface area contributed by atoms with E-state index in [1.165, 1.54) is 18.0 Å². The molecular formula is C14H18N4O3S. The number of rotatable bonds is 5. The van der Waals surface area contributed by atoms with E-state index < -0.39 is 11.4 Å². The summed E-state index contributed by atoms with van der Waals surface area (Å²) >= 11 is 1.34. The zero-order valence-electron chi connectivity index (χ0n) is 12.8. The molecule has 0 bridgehead atoms. The lowest BCUT2D eigenvalue weighted by Gasteiger charge is -2.13. The third-order valence-electron chi connectivity index (χ3n) is 3.07. The van der Waals surface area contributed by atoms with Crippen LogP contribution in [0.3, 0.4) is 0 Å². The van der Waals surface area contributed by atoms with Crippen LogP contribution in [0.1, 0.15) is 30.6 Å². The molecule has 0 saturated carbocycles. The van der Waals surface area contributed by atoms with Crippen LogP contribution < -0.4 is 11.2 Å². The molecule has 0 aliphatic rings. The topological polar surface area (TPSA) is 100 Å². The summed E-state index contributed by atoms with van der Waals surface area (Å²) in [6.45, 7) is 4.48. The Hall–Kier alpha value is -2.09. The Bertz CT molecular complexity index is 773. The van der Waals surface area contributed by atoms with Crippen molar-refractivity contribution >= 4 is 34.6 Å². The molecule has 0 aliphatic heterocycles. The van der Waals surface area contributed by atoms with Crippen LogP contribution in [-0.4, -0.2) is 33.4 Å². The number of thioether (sulfide) groups is 1. The lowest BCUT2D eigenvalue weighted by atomic mass is 10.2. The quantitative estimate of drug-likeness (QED) is 0.508. The summed E-state index contributed by atoms with van der Waals surface area (Å²) in [5.74, 6) is -0.581. The Morgan fingerprint density at radius 1 is 1.41 bits per heavy atom. The van der Waals surface area contributed by atoms with E-state index in [9.17, 15) is 9.59 Å². The molecule has 2 rings (SSSR count). The Morgan fingerprint density at radius 2 is 2.14 bits per heavy atom. The van der Waals surface area contributed by atoms with Crippen LogP contribution in [0.5, 0.6) is 0 Å². The predicted octanol–water partition coefficient (Wildman–Crippen LogP) is 1.68. The summed E-state index contributed by atoms with van der Waals surface area (Å²) in [6.07, 6.45) is 4.14. The van der Waals surface area contributed by atoms with Gasteiger partial charge in [0.25, 0.3) is 0 Å². The van der Waals surface area contributed by atoms with Crippen LogP contribution in [0.25, 0.3) is 11.0 Å². The van der Waals surface area contributed by atoms with Crippen molar-refractivity contribution in [3.63, 3.8) is 0 Å². The minimum Gasteiger partial charge on any atom is -0.462 e. The number of hydrogen-bond donors (Lipinski definition) is 1. The van der Waals surface area contributed by atoms with Gasteiger partial charge in [-0.3, -0.25) is 4.79 Å². The van der Waals surface area contributed by atoms with Gasteiger partial charge in [0, 0.05) is 12.7 Å². The molecule has 0 fully saturated rings. The smallest absolute Gasteiger partial charge is 0.343 e. The fraction of sp³-hybridized carbons (Fsp3) is 0.429. The number of carbonyl (C=O) groups excluding carboxylic acids is 1. The number of hydrogen-bond acceptors (Lipinski definition) is 7. The van der Waals surface area contributed by atoms with Crippen LogP contribution >= 0.6 is 11.8 Å². The number of nitrogen functional groups attached to an aromatic ring is 1. The van der Waals surface area contributed by atoms with E-state index in [0.717, 1.165) is 6.42 Å². The standard InChI is InChI=1S/C14H18N4O3S/c1-4-6-18-7-8(13(20)21-5-2)10(19)9-11(15)16-14(22-3)17-12(9)18/h7H,4-6H2,1-3H3,(H2,15,16,17). The number of pyridine rings is 1. The summed E-state index contributed by atoms with van der Waals surface area (Å²) < 4.78 is 6.69. The molecule has 7 nitrogen and oxygen atoms in total. The van der Waals surface area contributed by atoms with E-state index in [1.54, 1.807) is 11.5 Å². The van der Waals surface area contributed by atoms with E-state index in [2.05, 4.69) is 9.97 Å². The molecule has 8 heteroatoms. The number of esters is 1. The van der Waals surface area contributed by atoms with Gasteiger partial charge >= 0.3 is 5.97 Å². The molecule has 0 amide bonds. The highest BCUT2D eigenvalue weighted by molar-refractivity contribution is 7.98. The van der Waals surface area contributed by atoms with Crippen LogP contribution in [0, 0.1) is 0 Å². The molecule has 2 N–H and O–H groups in total. The molecule has 0 atom stereocenters. The Balaban J connectivity index is 2.82. The molecule has 0 saturated heterocycles. The van der Waals surface area contributed by atoms with Gasteiger partial charge in [0.15, 0.2) is 10.8 Å². The van der Waals surface area contributed by atoms with Crippen molar-refractivity contribution in [1.82, 2.24) is 14.5 Å². The SMILES string of the molecule is CCCn1cc(C(=O)OCC)c(=O)c2c(N)nc(SC)nc21. The van der Waals surface area contributed by atoms with E-state index in [1.807, 2.05) is 13.2 Å². The maximum atomic E-state index is 12.5. The van der Waals surface area contributed by atoms with Gasteiger partial charge in [-0.15, -0.1) is 0 Å². The van der Waals surface area contributed by atoms with E-state index in [0.29, 0.717) is 17.3 Å². The number of anilines is 1. The average molecular weight is 322 g/mol. The van der Waals surface area contributed by atoms with Crippen molar-refractivity contribution in [3.8, 4) is 0 Å². The van der Waals surface area contributed by atoms with Gasteiger partial charge in [0.2, 0.25) is 5.43 Å². The lowest BCUT2D eigenvalue weighted by Crippen LogP contribution is -2.23. The number of nitrogens with two attached hydrogens (primary N) is 1. The number of fused-ring (bicyclic) bond motifs is 1. The monoisotopic (exact) mass is 322 g/mol. The first-order chi connectivity index (χ1) is 10.5. The van der Waals surface area contributed by atoms with Crippen molar-refractivity contribution < 1.29 is 9.53 Å². The summed E-state index contributed by atoms with van der Waals surface area (Å²) in [7, 11) is 0. The van der Waals surface area contributed by atoms with Gasteiger partial charge in [-0.25, -0.2) is 14.8 Å². The Kier molecular flexibility index (Phi) is 5.02. The summed E-state index contributed by atoms with van der Waals surface area (Å²) in [5.41, 5.74) is 5.81. The van der Waals surface area contributed by atoms with Gasteiger partial charge in [-0.2, -0.15) is 0 Å². The second kappa shape index (κ2) is 6.78. The molecule has 0 spiro atoms. The van der Waals surface area contributed by atoms with E-state index in [-0.39, 0.29) is 23.4 Å². The molecule has 0 unspecified atom stereocenters. The fourth-order valence-corrected chi connectivity index (χ4v) is 2.51. The number of aromatic nitrogens is 3. The number of nitrogens with zero attached hydrogens (tertiary/aromatic N) is 3. The first kappa shape index (κ1) is 16.3. The zero-order chi connectivity index (χ0) is 16.3. The molecule has 0 aliphatic carbocycles. The van der Waals surface area contributed by atoms with Crippen molar-refractivity contribution in [2.45, 2.75) is 32.0 Å². The number of aryl methyl sites for hydroxylation is 1. The normalized spacial score (nSPS) is 10.9. The third kappa shape index (κ3) is 2.92. The Labute approximate surface area is 131 Å². The summed E-state index contributed by atoms with van der Waals surface area (Å²) in [4.78, 5) is 33.0. The van der Waals surface area contributed by atoms with Crippen molar-refractivity contribution in [3.05, 3.63) is 22.0 Å². The van der Waals surface area contributed by atoms with Crippen molar-refractivity contribution in [2.24, 2.45) is 0 Å². The highest BCUT2D eigenvalue weighted by Crippen LogP contribution is 2.20. The molecule has 2 heterocycles. The van der Waals surface area contributed by atoms with Crippen molar-refractivity contribution in [1.29, 1.82) is 0 Å². The minimum atomic E-state index is -0.660. The highest BCUT2D eigenvalue weighted by atomic mass is 32.2. The molecule has 0 radical (unpaired) electrons. The predicted molar refractivity (Wildman–Crippen MR) is 86.2 cm³/mol. The van der Waals surface area contributed by atoms with E-state index in [4.69, 9.17) is 10.5 Å². The van der Waals surface area contributed by atoms with Crippen molar-refractivity contribution in [2.75, 3.05) is 18.6 Å². The summed E-state index contributed by atoms with van der Waals surface area (Å²) in [5, 5.41) is 0.648. The molecule has 0 aromatic carbocycles. The number of carbonyl (C=O) groups is 1. The first-order valence-electron chi connectivity index (χ1n) is 6.95. The maximum Gasteiger partial charge on any atom is 0.343 e. The highest BCUT2D eigenvalue weighted by Gasteiger charge is 2.20. The third-order valence-corrected chi connectivity index (χ3v) is 3.62. The van der Waals surface area contributed by atoms with Gasteiger partial charge in [0.05, 0.1) is 6.61 Å². The zero-order valence-corrected chi connectivity index (χ0v) is 13.6. The first-order valence-corrected chi connectivity index (χ1v) is 8.17. The largest absolute Gasteiger partial charge is 0.462 e. The maximum absolute atomic E-state index is 12.5. The molecule has 2 aromatic heterocycles. The van der Waals surface area contributed by atoms with Gasteiger partial charge in [-0.05, 0) is 19.6 Å². The van der Waals surface area contributed by atoms with Gasteiger partial charge < -0.3 is 15.0 Å². The number of ether oxygens (including phenoxy) is 1. The molecule has 2 aromatic rings. The molecule has 118 valence electrons. The lowest BCUT2D eigenvalue weighted by molar-refractivity contribution is 0.0524. The van der Waals surface area contributed by atoms with Crippen LogP contribution in [0.4, 0.5) is 5.82 Å². The van der Waals surface area contributed by atoms with Crippen LogP contribution in [0.15, 0.2) is 16.1 Å². The Morgan fingerprint density at radius 3 is 2.73 bits per heavy atom. The van der Waals surface area contributed by atoms with Crippen LogP contribution in [-0.2, 0) is 11.3 Å². The van der Waals surface area contributed by atoms with Gasteiger partial charge in [-0.1, -0.05) is 18.7 Å². The van der Waals surface area contributed by atoms with Gasteiger partial charge in [0.1, 0.15) is 16.8 Å².